The van der Waals surface area contributed by atoms with Gasteiger partial charge in [0.15, 0.2) is 0 Å². The smallest absolute Gasteiger partial charge is 0.0386 e. The highest BCUT2D eigenvalue weighted by Crippen LogP contribution is 2.29. The summed E-state index contributed by atoms with van der Waals surface area (Å²) < 4.78 is 12.3. The van der Waals surface area contributed by atoms with Crippen molar-refractivity contribution in [3.8, 4) is 0 Å². The van der Waals surface area contributed by atoms with Gasteiger partial charge in [-0.15, -0.1) is 11.3 Å². The molecule has 2 unspecified atom stereocenters. The lowest BCUT2D eigenvalue weighted by atomic mass is 10.2. The molecular weight excluding hydrogens is 262 g/mol. The number of rotatable bonds is 6. The van der Waals surface area contributed by atoms with Crippen LogP contribution in [0.4, 0.5) is 0 Å². The van der Waals surface area contributed by atoms with Crippen molar-refractivity contribution in [3.05, 3.63) is 35.2 Å². The molecule has 0 aliphatic rings. The number of hydrogen-bond acceptors (Lipinski definition) is 3. The zero-order chi connectivity index (χ0) is 13.0. The molecular formula is C14H19NOS2. The highest BCUT2D eigenvalue weighted by Gasteiger charge is 2.08. The zero-order valence-corrected chi connectivity index (χ0v) is 12.4. The minimum atomic E-state index is -0.675. The first-order valence-corrected chi connectivity index (χ1v) is 8.73. The zero-order valence-electron chi connectivity index (χ0n) is 10.8. The lowest BCUT2D eigenvalue weighted by molar-refractivity contribution is 0.578. The maximum atomic E-state index is 11.0. The molecule has 0 spiro atoms. The Hall–Kier alpha value is -0.710. The van der Waals surface area contributed by atoms with Gasteiger partial charge in [0.25, 0.3) is 0 Å². The highest BCUT2D eigenvalue weighted by atomic mass is 32.2. The molecule has 0 bridgehead atoms. The Labute approximate surface area is 115 Å². The second-order valence-electron chi connectivity index (χ2n) is 4.49. The fraction of sp³-hybridized carbons (Fsp3) is 0.429. The minimum absolute atomic E-state index is 0.368. The Morgan fingerprint density at radius 1 is 1.39 bits per heavy atom. The number of benzene rings is 1. The SMILES string of the molecule is CC(NCCCS(C)=O)c1cc2ccccc2s1. The van der Waals surface area contributed by atoms with Gasteiger partial charge in [0, 0.05) is 38.4 Å². The maximum absolute atomic E-state index is 11.0. The molecule has 1 heterocycles. The topological polar surface area (TPSA) is 29.1 Å². The van der Waals surface area contributed by atoms with Crippen molar-refractivity contribution in [2.24, 2.45) is 0 Å². The second kappa shape index (κ2) is 6.45. The highest BCUT2D eigenvalue weighted by molar-refractivity contribution is 7.84. The Morgan fingerprint density at radius 3 is 2.89 bits per heavy atom. The normalized spacial score (nSPS) is 14.8. The average molecular weight is 281 g/mol. The van der Waals surface area contributed by atoms with E-state index >= 15 is 0 Å². The molecule has 0 amide bonds. The van der Waals surface area contributed by atoms with E-state index in [9.17, 15) is 4.21 Å². The predicted octanol–water partition coefficient (Wildman–Crippen LogP) is 3.32. The molecule has 0 saturated carbocycles. The maximum Gasteiger partial charge on any atom is 0.0386 e. The van der Waals surface area contributed by atoms with E-state index < -0.39 is 10.8 Å². The summed E-state index contributed by atoms with van der Waals surface area (Å²) in [6, 6.07) is 11.1. The van der Waals surface area contributed by atoms with Crippen molar-refractivity contribution in [2.75, 3.05) is 18.6 Å². The van der Waals surface area contributed by atoms with Gasteiger partial charge in [0.1, 0.15) is 0 Å². The number of thiophene rings is 1. The van der Waals surface area contributed by atoms with Crippen molar-refractivity contribution in [2.45, 2.75) is 19.4 Å². The van der Waals surface area contributed by atoms with Gasteiger partial charge in [0.05, 0.1) is 0 Å². The molecule has 1 aromatic heterocycles. The molecule has 2 atom stereocenters. The fourth-order valence-corrected chi connectivity index (χ4v) is 3.55. The van der Waals surface area contributed by atoms with Gasteiger partial charge < -0.3 is 5.32 Å². The van der Waals surface area contributed by atoms with Crippen molar-refractivity contribution < 1.29 is 4.21 Å². The summed E-state index contributed by atoms with van der Waals surface area (Å²) in [5, 5.41) is 4.81. The largest absolute Gasteiger partial charge is 0.309 e. The van der Waals surface area contributed by atoms with Crippen LogP contribution in [-0.2, 0) is 10.8 Å². The summed E-state index contributed by atoms with van der Waals surface area (Å²) in [5.41, 5.74) is 0. The summed E-state index contributed by atoms with van der Waals surface area (Å²) in [7, 11) is -0.675. The molecule has 2 nitrogen and oxygen atoms in total. The standard InChI is InChI=1S/C14H19NOS2/c1-11(15-8-5-9-18(2)16)14-10-12-6-3-4-7-13(12)17-14/h3-4,6-7,10-11,15H,5,8-9H2,1-2H3. The molecule has 0 saturated heterocycles. The summed E-state index contributed by atoms with van der Waals surface area (Å²) in [5.74, 6) is 0.784. The number of fused-ring (bicyclic) bond motifs is 1. The van der Waals surface area contributed by atoms with Crippen LogP contribution in [-0.4, -0.2) is 22.8 Å². The molecule has 98 valence electrons. The first-order valence-electron chi connectivity index (χ1n) is 6.18. The van der Waals surface area contributed by atoms with Gasteiger partial charge >= 0.3 is 0 Å². The molecule has 0 radical (unpaired) electrons. The molecule has 1 aromatic carbocycles. The van der Waals surface area contributed by atoms with Crippen LogP contribution in [0.2, 0.25) is 0 Å². The predicted molar refractivity (Wildman–Crippen MR) is 81.8 cm³/mol. The Morgan fingerprint density at radius 2 is 2.17 bits per heavy atom. The molecule has 18 heavy (non-hydrogen) atoms. The van der Waals surface area contributed by atoms with Crippen LogP contribution in [0, 0.1) is 0 Å². The van der Waals surface area contributed by atoms with Crippen molar-refractivity contribution in [1.29, 1.82) is 0 Å². The Balaban J connectivity index is 1.92. The van der Waals surface area contributed by atoms with E-state index in [0.29, 0.717) is 6.04 Å². The third kappa shape index (κ3) is 3.64. The molecule has 2 rings (SSSR count). The molecule has 4 heteroatoms. The quantitative estimate of drug-likeness (QED) is 0.823. The van der Waals surface area contributed by atoms with E-state index in [2.05, 4.69) is 42.6 Å². The molecule has 2 aromatic rings. The van der Waals surface area contributed by atoms with Crippen LogP contribution in [0.25, 0.3) is 10.1 Å². The first kappa shape index (κ1) is 13.7. The lowest BCUT2D eigenvalue weighted by Gasteiger charge is -2.11. The second-order valence-corrected chi connectivity index (χ2v) is 7.16. The lowest BCUT2D eigenvalue weighted by Crippen LogP contribution is -2.20. The molecule has 0 aliphatic carbocycles. The Bertz CT molecular complexity index is 502. The molecule has 0 aliphatic heterocycles. The number of hydrogen-bond donors (Lipinski definition) is 1. The van der Waals surface area contributed by atoms with Gasteiger partial charge in [-0.2, -0.15) is 0 Å². The van der Waals surface area contributed by atoms with Crippen LogP contribution in [0.1, 0.15) is 24.3 Å². The van der Waals surface area contributed by atoms with E-state index in [0.717, 1.165) is 18.7 Å². The van der Waals surface area contributed by atoms with E-state index in [1.54, 1.807) is 6.26 Å². The third-order valence-electron chi connectivity index (χ3n) is 2.93. The van der Waals surface area contributed by atoms with Crippen LogP contribution < -0.4 is 5.32 Å². The van der Waals surface area contributed by atoms with Gasteiger partial charge in [-0.3, -0.25) is 4.21 Å². The third-order valence-corrected chi connectivity index (χ3v) is 5.09. The summed E-state index contributed by atoms with van der Waals surface area (Å²) in [6.45, 7) is 3.11. The van der Waals surface area contributed by atoms with Gasteiger partial charge in [-0.05, 0) is 37.4 Å². The van der Waals surface area contributed by atoms with Crippen LogP contribution >= 0.6 is 11.3 Å². The number of nitrogens with one attached hydrogen (secondary N) is 1. The minimum Gasteiger partial charge on any atom is -0.309 e. The molecule has 0 fully saturated rings. The van der Waals surface area contributed by atoms with Gasteiger partial charge in [-0.1, -0.05) is 18.2 Å². The van der Waals surface area contributed by atoms with Gasteiger partial charge in [-0.25, -0.2) is 0 Å². The van der Waals surface area contributed by atoms with Gasteiger partial charge in [0.2, 0.25) is 0 Å². The summed E-state index contributed by atoms with van der Waals surface area (Å²) in [4.78, 5) is 1.37. The van der Waals surface area contributed by atoms with Crippen LogP contribution in [0.5, 0.6) is 0 Å². The van der Waals surface area contributed by atoms with E-state index in [4.69, 9.17) is 0 Å². The monoisotopic (exact) mass is 281 g/mol. The Kier molecular flexibility index (Phi) is 4.92. The fourth-order valence-electron chi connectivity index (χ4n) is 1.91. The van der Waals surface area contributed by atoms with Crippen LogP contribution in [0.15, 0.2) is 30.3 Å². The van der Waals surface area contributed by atoms with Crippen LogP contribution in [0.3, 0.4) is 0 Å². The van der Waals surface area contributed by atoms with Crippen molar-refractivity contribution in [3.63, 3.8) is 0 Å². The van der Waals surface area contributed by atoms with E-state index in [1.807, 2.05) is 11.3 Å². The van der Waals surface area contributed by atoms with E-state index in [-0.39, 0.29) is 0 Å². The molecule has 1 N–H and O–H groups in total. The van der Waals surface area contributed by atoms with Crippen molar-refractivity contribution >= 4 is 32.2 Å². The van der Waals surface area contributed by atoms with E-state index in [1.165, 1.54) is 15.0 Å². The average Bonchev–Trinajstić information content (AvgIpc) is 2.78. The van der Waals surface area contributed by atoms with Crippen molar-refractivity contribution in [1.82, 2.24) is 5.32 Å². The summed E-state index contributed by atoms with van der Waals surface area (Å²) >= 11 is 1.85. The summed E-state index contributed by atoms with van der Waals surface area (Å²) in [6.07, 6.45) is 2.73. The first-order chi connectivity index (χ1) is 8.66.